The molecule has 0 aromatic rings. The summed E-state index contributed by atoms with van der Waals surface area (Å²) in [5, 5.41) is 6.64. The van der Waals surface area contributed by atoms with Gasteiger partial charge in [0.1, 0.15) is 0 Å². The lowest BCUT2D eigenvalue weighted by Gasteiger charge is -2.20. The third-order valence-electron chi connectivity index (χ3n) is 3.34. The molecule has 0 radical (unpaired) electrons. The van der Waals surface area contributed by atoms with E-state index in [0.29, 0.717) is 6.42 Å². The van der Waals surface area contributed by atoms with E-state index in [1.165, 1.54) is 7.11 Å². The SMILES string of the molecule is CCNC(=NCC(C)(C)SC)NCCCCCCC(=O)OC.I. The average Bonchev–Trinajstić information content (AvgIpc) is 2.51. The number of carbonyl (C=O) groups excluding carboxylic acids is 1. The van der Waals surface area contributed by atoms with Crippen molar-refractivity contribution in [3.63, 3.8) is 0 Å². The number of ether oxygens (including phenoxy) is 1. The fraction of sp³-hybridized carbons (Fsp3) is 0.875. The van der Waals surface area contributed by atoms with Gasteiger partial charge in [-0.25, -0.2) is 0 Å². The number of guanidine groups is 1. The Balaban J connectivity index is 0. The Bertz CT molecular complexity index is 339. The first-order valence-corrected chi connectivity index (χ1v) is 9.31. The van der Waals surface area contributed by atoms with Crippen molar-refractivity contribution in [2.45, 2.75) is 57.6 Å². The molecule has 2 N–H and O–H groups in total. The quantitative estimate of drug-likeness (QED) is 0.163. The molecule has 0 spiro atoms. The van der Waals surface area contributed by atoms with Crippen LogP contribution in [0.1, 0.15) is 52.9 Å². The van der Waals surface area contributed by atoms with Gasteiger partial charge in [0.05, 0.1) is 13.7 Å². The lowest BCUT2D eigenvalue weighted by molar-refractivity contribution is -0.140. The van der Waals surface area contributed by atoms with E-state index in [-0.39, 0.29) is 34.7 Å². The van der Waals surface area contributed by atoms with E-state index in [9.17, 15) is 4.79 Å². The molecule has 0 aliphatic heterocycles. The van der Waals surface area contributed by atoms with Crippen LogP contribution in [0.5, 0.6) is 0 Å². The number of methoxy groups -OCH3 is 1. The Morgan fingerprint density at radius 2 is 1.83 bits per heavy atom. The number of unbranched alkanes of at least 4 members (excludes halogenated alkanes) is 3. The van der Waals surface area contributed by atoms with Gasteiger partial charge in [0.25, 0.3) is 0 Å². The van der Waals surface area contributed by atoms with E-state index in [4.69, 9.17) is 0 Å². The molecule has 0 saturated heterocycles. The molecule has 0 heterocycles. The standard InChI is InChI=1S/C16H33N3O2S.HI/c1-6-17-15(19-13-16(2,3)22-5)18-12-10-8-7-9-11-14(20)21-4;/h6-13H2,1-5H3,(H2,17,18,19);1H. The van der Waals surface area contributed by atoms with E-state index in [1.54, 1.807) is 0 Å². The van der Waals surface area contributed by atoms with E-state index < -0.39 is 0 Å². The number of rotatable bonds is 11. The Morgan fingerprint density at radius 1 is 1.17 bits per heavy atom. The molecule has 0 atom stereocenters. The van der Waals surface area contributed by atoms with Gasteiger partial charge in [-0.1, -0.05) is 12.8 Å². The molecular weight excluding hydrogens is 425 g/mol. The van der Waals surface area contributed by atoms with Crippen LogP contribution < -0.4 is 10.6 Å². The van der Waals surface area contributed by atoms with Crippen molar-refractivity contribution in [1.29, 1.82) is 0 Å². The zero-order valence-corrected chi connectivity index (χ0v) is 18.4. The molecule has 0 fully saturated rings. The van der Waals surface area contributed by atoms with Gasteiger partial charge >= 0.3 is 5.97 Å². The number of nitrogens with zero attached hydrogens (tertiary/aromatic N) is 1. The molecular formula is C16H34IN3O2S. The van der Waals surface area contributed by atoms with Crippen LogP contribution in [-0.2, 0) is 9.53 Å². The van der Waals surface area contributed by atoms with Crippen molar-refractivity contribution < 1.29 is 9.53 Å². The summed E-state index contributed by atoms with van der Waals surface area (Å²) in [6, 6.07) is 0. The van der Waals surface area contributed by atoms with E-state index in [2.05, 4.69) is 47.4 Å². The molecule has 23 heavy (non-hydrogen) atoms. The Kier molecular flexibility index (Phi) is 16.7. The summed E-state index contributed by atoms with van der Waals surface area (Å²) in [5.74, 6) is 0.773. The fourth-order valence-corrected chi connectivity index (χ4v) is 1.93. The summed E-state index contributed by atoms with van der Waals surface area (Å²) in [6.45, 7) is 9.04. The smallest absolute Gasteiger partial charge is 0.305 e. The Morgan fingerprint density at radius 3 is 2.39 bits per heavy atom. The van der Waals surface area contributed by atoms with E-state index >= 15 is 0 Å². The molecule has 0 aliphatic rings. The normalized spacial score (nSPS) is 11.6. The summed E-state index contributed by atoms with van der Waals surface area (Å²) in [5.41, 5.74) is 0. The second kappa shape index (κ2) is 15.4. The average molecular weight is 459 g/mol. The van der Waals surface area contributed by atoms with Gasteiger partial charge in [0.15, 0.2) is 5.96 Å². The zero-order valence-electron chi connectivity index (χ0n) is 15.2. The minimum atomic E-state index is -0.115. The van der Waals surface area contributed by atoms with Crippen LogP contribution in [0.15, 0.2) is 4.99 Å². The number of carbonyl (C=O) groups is 1. The Hall–Kier alpha value is -0.180. The van der Waals surface area contributed by atoms with E-state index in [1.807, 2.05) is 11.8 Å². The van der Waals surface area contributed by atoms with Crippen molar-refractivity contribution in [2.24, 2.45) is 4.99 Å². The molecule has 0 bridgehead atoms. The highest BCUT2D eigenvalue weighted by Crippen LogP contribution is 2.20. The largest absolute Gasteiger partial charge is 0.469 e. The summed E-state index contributed by atoms with van der Waals surface area (Å²) in [4.78, 5) is 15.6. The zero-order chi connectivity index (χ0) is 16.8. The number of nitrogens with one attached hydrogen (secondary N) is 2. The number of hydrogen-bond donors (Lipinski definition) is 2. The van der Waals surface area contributed by atoms with Gasteiger partial charge in [-0.2, -0.15) is 11.8 Å². The number of thioether (sulfide) groups is 1. The van der Waals surface area contributed by atoms with Crippen molar-refractivity contribution in [1.82, 2.24) is 10.6 Å². The predicted molar refractivity (Wildman–Crippen MR) is 112 cm³/mol. The van der Waals surface area contributed by atoms with Gasteiger partial charge in [0.2, 0.25) is 0 Å². The predicted octanol–water partition coefficient (Wildman–Crippen LogP) is 3.42. The van der Waals surface area contributed by atoms with Crippen LogP contribution in [0.3, 0.4) is 0 Å². The molecule has 7 heteroatoms. The molecule has 138 valence electrons. The van der Waals surface area contributed by atoms with Crippen molar-refractivity contribution in [2.75, 3.05) is 33.0 Å². The summed E-state index contributed by atoms with van der Waals surface area (Å²) < 4.78 is 4.79. The van der Waals surface area contributed by atoms with Crippen LogP contribution in [0.25, 0.3) is 0 Å². The van der Waals surface area contributed by atoms with Crippen molar-refractivity contribution in [3.8, 4) is 0 Å². The first kappa shape index (κ1) is 25.1. The van der Waals surface area contributed by atoms with Gasteiger partial charge in [-0.05, 0) is 39.9 Å². The first-order chi connectivity index (χ1) is 10.4. The highest BCUT2D eigenvalue weighted by Gasteiger charge is 2.15. The molecule has 0 saturated carbocycles. The van der Waals surface area contributed by atoms with E-state index in [0.717, 1.165) is 51.3 Å². The van der Waals surface area contributed by atoms with Crippen LogP contribution in [0.4, 0.5) is 0 Å². The minimum absolute atomic E-state index is 0. The third kappa shape index (κ3) is 15.1. The van der Waals surface area contributed by atoms with Crippen LogP contribution >= 0.6 is 35.7 Å². The summed E-state index contributed by atoms with van der Waals surface area (Å²) in [7, 11) is 1.44. The minimum Gasteiger partial charge on any atom is -0.469 e. The van der Waals surface area contributed by atoms with Crippen molar-refractivity contribution in [3.05, 3.63) is 0 Å². The van der Waals surface area contributed by atoms with Crippen LogP contribution in [-0.4, -0.2) is 49.7 Å². The lowest BCUT2D eigenvalue weighted by Crippen LogP contribution is -2.38. The molecule has 0 rings (SSSR count). The lowest BCUT2D eigenvalue weighted by atomic mass is 10.1. The third-order valence-corrected chi connectivity index (χ3v) is 4.58. The fourth-order valence-electron chi connectivity index (χ4n) is 1.73. The second-order valence-electron chi connectivity index (χ2n) is 5.83. The maximum absolute atomic E-state index is 11.0. The highest BCUT2D eigenvalue weighted by atomic mass is 127. The summed E-state index contributed by atoms with van der Waals surface area (Å²) >= 11 is 1.83. The maximum Gasteiger partial charge on any atom is 0.305 e. The molecule has 0 amide bonds. The van der Waals surface area contributed by atoms with Gasteiger partial charge in [-0.15, -0.1) is 24.0 Å². The number of halogens is 1. The molecule has 0 aromatic carbocycles. The molecule has 0 aromatic heterocycles. The van der Waals surface area contributed by atoms with Gasteiger partial charge in [0, 0.05) is 24.3 Å². The Labute approximate surface area is 163 Å². The number of aliphatic imine (C=N–C) groups is 1. The van der Waals surface area contributed by atoms with Gasteiger partial charge < -0.3 is 15.4 Å². The molecule has 0 unspecified atom stereocenters. The second-order valence-corrected chi connectivity index (χ2v) is 7.34. The van der Waals surface area contributed by atoms with Crippen LogP contribution in [0, 0.1) is 0 Å². The summed E-state index contributed by atoms with van der Waals surface area (Å²) in [6.07, 6.45) is 6.80. The topological polar surface area (TPSA) is 62.7 Å². The first-order valence-electron chi connectivity index (χ1n) is 8.09. The van der Waals surface area contributed by atoms with Crippen LogP contribution in [0.2, 0.25) is 0 Å². The molecule has 0 aliphatic carbocycles. The highest BCUT2D eigenvalue weighted by molar-refractivity contribution is 14.0. The monoisotopic (exact) mass is 459 g/mol. The maximum atomic E-state index is 11.0. The van der Waals surface area contributed by atoms with Gasteiger partial charge in [-0.3, -0.25) is 9.79 Å². The molecule has 5 nitrogen and oxygen atoms in total. The number of esters is 1. The number of hydrogen-bond acceptors (Lipinski definition) is 4. The van der Waals surface area contributed by atoms with Crippen molar-refractivity contribution >= 4 is 47.7 Å².